The highest BCUT2D eigenvalue weighted by molar-refractivity contribution is 9.10. The molecule has 7 heteroatoms. The average Bonchev–Trinajstić information content (AvgIpc) is 3.17. The number of nitrogens with one attached hydrogen (secondary N) is 2. The summed E-state index contributed by atoms with van der Waals surface area (Å²) in [5.41, 5.74) is 1.10. The Morgan fingerprint density at radius 1 is 1.50 bits per heavy atom. The summed E-state index contributed by atoms with van der Waals surface area (Å²) in [5, 5.41) is 5.29. The normalized spacial score (nSPS) is 20.1. The minimum Gasteiger partial charge on any atom is -0.465 e. The van der Waals surface area contributed by atoms with E-state index in [1.165, 1.54) is 0 Å². The van der Waals surface area contributed by atoms with Gasteiger partial charge in [0, 0.05) is 18.2 Å². The predicted octanol–water partition coefficient (Wildman–Crippen LogP) is 1.56. The van der Waals surface area contributed by atoms with Crippen molar-refractivity contribution in [3.05, 3.63) is 28.5 Å². The molecule has 2 N–H and O–H groups in total. The molecule has 2 unspecified atom stereocenters. The van der Waals surface area contributed by atoms with Crippen molar-refractivity contribution in [1.29, 1.82) is 0 Å². The number of esters is 1. The zero-order valence-electron chi connectivity index (χ0n) is 11.1. The molecule has 2 atom stereocenters. The molecule has 2 amide bonds. The van der Waals surface area contributed by atoms with E-state index in [4.69, 9.17) is 4.74 Å². The summed E-state index contributed by atoms with van der Waals surface area (Å²) >= 11 is 3.28. The van der Waals surface area contributed by atoms with E-state index in [1.54, 1.807) is 13.1 Å². The molecule has 1 fully saturated rings. The number of pyridine rings is 1. The van der Waals surface area contributed by atoms with Gasteiger partial charge in [0.1, 0.15) is 11.1 Å². The molecule has 6 nitrogen and oxygen atoms in total. The summed E-state index contributed by atoms with van der Waals surface area (Å²) in [5.74, 6) is -0.143. The van der Waals surface area contributed by atoms with Gasteiger partial charge in [0.25, 0.3) is 0 Å². The Morgan fingerprint density at radius 2 is 2.30 bits per heavy atom. The van der Waals surface area contributed by atoms with Crippen LogP contribution in [0.1, 0.15) is 24.8 Å². The number of ether oxygens (including phenoxy) is 1. The molecule has 1 aromatic rings. The van der Waals surface area contributed by atoms with Gasteiger partial charge in [0.2, 0.25) is 0 Å². The lowest BCUT2D eigenvalue weighted by molar-refractivity contribution is -0.141. The molecule has 0 bridgehead atoms. The standard InChI is InChI=1S/C13H16BrN3O3/c1-2-20-12(18)7-16-13(19)17-10-5-9(10)8-3-4-11(14)15-6-8/h3-4,6,9-10H,2,5,7H2,1H3,(H2,16,17,19). The van der Waals surface area contributed by atoms with Gasteiger partial charge < -0.3 is 15.4 Å². The third kappa shape index (κ3) is 4.19. The summed E-state index contributed by atoms with van der Waals surface area (Å²) in [4.78, 5) is 26.8. The Kier molecular flexibility index (Phi) is 4.94. The van der Waals surface area contributed by atoms with Crippen LogP contribution in [0.3, 0.4) is 0 Å². The molecule has 20 heavy (non-hydrogen) atoms. The van der Waals surface area contributed by atoms with E-state index in [2.05, 4.69) is 31.5 Å². The van der Waals surface area contributed by atoms with Gasteiger partial charge in [0.05, 0.1) is 6.61 Å². The molecule has 1 heterocycles. The maximum absolute atomic E-state index is 11.6. The highest BCUT2D eigenvalue weighted by Gasteiger charge is 2.39. The van der Waals surface area contributed by atoms with E-state index in [0.717, 1.165) is 16.6 Å². The Labute approximate surface area is 125 Å². The number of amides is 2. The number of rotatable bonds is 5. The van der Waals surface area contributed by atoms with E-state index in [0.29, 0.717) is 12.5 Å². The first-order chi connectivity index (χ1) is 9.60. The zero-order valence-corrected chi connectivity index (χ0v) is 12.6. The maximum Gasteiger partial charge on any atom is 0.325 e. The van der Waals surface area contributed by atoms with Gasteiger partial charge >= 0.3 is 12.0 Å². The van der Waals surface area contributed by atoms with Gasteiger partial charge in [-0.1, -0.05) is 6.07 Å². The van der Waals surface area contributed by atoms with Gasteiger partial charge in [-0.05, 0) is 40.9 Å². The number of nitrogens with zero attached hydrogens (tertiary/aromatic N) is 1. The van der Waals surface area contributed by atoms with Crippen LogP contribution >= 0.6 is 15.9 Å². The van der Waals surface area contributed by atoms with Crippen LogP contribution in [0.4, 0.5) is 4.79 Å². The largest absolute Gasteiger partial charge is 0.465 e. The third-order valence-electron chi connectivity index (χ3n) is 2.98. The summed E-state index contributed by atoms with van der Waals surface area (Å²) in [6, 6.07) is 3.61. The van der Waals surface area contributed by atoms with Crippen LogP contribution in [0.25, 0.3) is 0 Å². The van der Waals surface area contributed by atoms with Gasteiger partial charge in [-0.3, -0.25) is 4.79 Å². The molecular weight excluding hydrogens is 326 g/mol. The van der Waals surface area contributed by atoms with Crippen LogP contribution in [-0.4, -0.2) is 36.2 Å². The van der Waals surface area contributed by atoms with Crippen molar-refractivity contribution >= 4 is 27.9 Å². The fraction of sp³-hybridized carbons (Fsp3) is 0.462. The number of urea groups is 1. The molecule has 1 aliphatic carbocycles. The van der Waals surface area contributed by atoms with Crippen molar-refractivity contribution in [2.75, 3.05) is 13.2 Å². The fourth-order valence-corrected chi connectivity index (χ4v) is 2.15. The second-order valence-electron chi connectivity index (χ2n) is 4.49. The Balaban J connectivity index is 1.72. The lowest BCUT2D eigenvalue weighted by atomic mass is 10.2. The highest BCUT2D eigenvalue weighted by atomic mass is 79.9. The highest BCUT2D eigenvalue weighted by Crippen LogP contribution is 2.40. The molecule has 0 radical (unpaired) electrons. The molecule has 0 aromatic carbocycles. The van der Waals surface area contributed by atoms with Gasteiger partial charge in [-0.2, -0.15) is 0 Å². The van der Waals surface area contributed by atoms with Gasteiger partial charge in [-0.15, -0.1) is 0 Å². The van der Waals surface area contributed by atoms with Crippen molar-refractivity contribution in [2.45, 2.75) is 25.3 Å². The topological polar surface area (TPSA) is 80.3 Å². The molecule has 1 aliphatic rings. The lowest BCUT2D eigenvalue weighted by Crippen LogP contribution is -2.40. The summed E-state index contributed by atoms with van der Waals surface area (Å²) < 4.78 is 5.51. The fourth-order valence-electron chi connectivity index (χ4n) is 1.91. The van der Waals surface area contributed by atoms with E-state index in [1.807, 2.05) is 12.1 Å². The quantitative estimate of drug-likeness (QED) is 0.629. The number of halogens is 1. The Morgan fingerprint density at radius 3 is 2.95 bits per heavy atom. The van der Waals surface area contributed by atoms with Crippen molar-refractivity contribution in [1.82, 2.24) is 15.6 Å². The van der Waals surface area contributed by atoms with Crippen LogP contribution in [-0.2, 0) is 9.53 Å². The number of aromatic nitrogens is 1. The average molecular weight is 342 g/mol. The summed E-state index contributed by atoms with van der Waals surface area (Å²) in [6.07, 6.45) is 2.68. The van der Waals surface area contributed by atoms with Crippen LogP contribution in [0.2, 0.25) is 0 Å². The third-order valence-corrected chi connectivity index (χ3v) is 3.45. The molecule has 2 rings (SSSR count). The van der Waals surface area contributed by atoms with Gasteiger partial charge in [0.15, 0.2) is 0 Å². The number of carbonyl (C=O) groups is 2. The van der Waals surface area contributed by atoms with E-state index >= 15 is 0 Å². The molecule has 0 saturated heterocycles. The predicted molar refractivity (Wildman–Crippen MR) is 76.3 cm³/mol. The number of carbonyl (C=O) groups excluding carboxylic acids is 2. The van der Waals surface area contributed by atoms with Crippen molar-refractivity contribution in [3.63, 3.8) is 0 Å². The maximum atomic E-state index is 11.6. The minimum atomic E-state index is -0.438. The van der Waals surface area contributed by atoms with Crippen molar-refractivity contribution in [3.8, 4) is 0 Å². The van der Waals surface area contributed by atoms with Crippen molar-refractivity contribution in [2.24, 2.45) is 0 Å². The molecule has 1 saturated carbocycles. The molecule has 108 valence electrons. The Bertz CT molecular complexity index is 492. The van der Waals surface area contributed by atoms with Crippen LogP contribution < -0.4 is 10.6 Å². The van der Waals surface area contributed by atoms with Crippen LogP contribution in [0.15, 0.2) is 22.9 Å². The first kappa shape index (κ1) is 14.8. The van der Waals surface area contributed by atoms with E-state index in [9.17, 15) is 9.59 Å². The SMILES string of the molecule is CCOC(=O)CNC(=O)NC1CC1c1ccc(Br)nc1. The van der Waals surface area contributed by atoms with Gasteiger partial charge in [-0.25, -0.2) is 9.78 Å². The van der Waals surface area contributed by atoms with E-state index in [-0.39, 0.29) is 18.6 Å². The molecule has 1 aromatic heterocycles. The molecule has 0 spiro atoms. The zero-order chi connectivity index (χ0) is 14.5. The summed E-state index contributed by atoms with van der Waals surface area (Å²) in [6.45, 7) is 1.92. The molecule has 0 aliphatic heterocycles. The van der Waals surface area contributed by atoms with Crippen LogP contribution in [0.5, 0.6) is 0 Å². The van der Waals surface area contributed by atoms with E-state index < -0.39 is 5.97 Å². The minimum absolute atomic E-state index is 0.0974. The monoisotopic (exact) mass is 341 g/mol. The summed E-state index contributed by atoms with van der Waals surface area (Å²) in [7, 11) is 0. The second-order valence-corrected chi connectivity index (χ2v) is 5.31. The number of hydrogen-bond acceptors (Lipinski definition) is 4. The van der Waals surface area contributed by atoms with Crippen LogP contribution in [0, 0.1) is 0 Å². The Hall–Kier alpha value is -1.63. The first-order valence-corrected chi connectivity index (χ1v) is 7.21. The lowest BCUT2D eigenvalue weighted by Gasteiger charge is -2.07. The van der Waals surface area contributed by atoms with Crippen molar-refractivity contribution < 1.29 is 14.3 Å². The number of hydrogen-bond donors (Lipinski definition) is 2. The first-order valence-electron chi connectivity index (χ1n) is 6.41. The smallest absolute Gasteiger partial charge is 0.325 e. The second kappa shape index (κ2) is 6.69. The molecular formula is C13H16BrN3O3.